The number of nitrogens with zero attached hydrogens (tertiary/aromatic N) is 2. The van der Waals surface area contributed by atoms with Crippen LogP contribution in [0.5, 0.6) is 0 Å². The number of hydrogen-bond acceptors (Lipinski definition) is 5. The van der Waals surface area contributed by atoms with Crippen LogP contribution >= 0.6 is 11.3 Å². The lowest BCUT2D eigenvalue weighted by Gasteiger charge is -2.42. The minimum Gasteiger partial charge on any atom is -0.480 e. The lowest BCUT2D eigenvalue weighted by Crippen LogP contribution is -2.56. The van der Waals surface area contributed by atoms with Gasteiger partial charge in [0, 0.05) is 31.1 Å². The topological polar surface area (TPSA) is 70.1 Å². The van der Waals surface area contributed by atoms with E-state index in [2.05, 4.69) is 4.90 Å². The second-order valence-corrected chi connectivity index (χ2v) is 6.47. The van der Waals surface area contributed by atoms with Gasteiger partial charge in [0.2, 0.25) is 0 Å². The minimum absolute atomic E-state index is 0.172. The van der Waals surface area contributed by atoms with Crippen LogP contribution in [0.4, 0.5) is 0 Å². The van der Waals surface area contributed by atoms with Gasteiger partial charge in [-0.15, -0.1) is 0 Å². The molecule has 22 heavy (non-hydrogen) atoms. The fourth-order valence-electron chi connectivity index (χ4n) is 3.25. The van der Waals surface area contributed by atoms with Gasteiger partial charge in [0.05, 0.1) is 18.8 Å². The Bertz CT molecular complexity index is 528. The van der Waals surface area contributed by atoms with Gasteiger partial charge in [-0.1, -0.05) is 0 Å². The van der Waals surface area contributed by atoms with Crippen molar-refractivity contribution in [3.8, 4) is 0 Å². The molecule has 6 nitrogen and oxygen atoms in total. The highest BCUT2D eigenvalue weighted by Gasteiger charge is 2.38. The molecule has 1 aromatic rings. The van der Waals surface area contributed by atoms with E-state index in [0.29, 0.717) is 31.7 Å². The van der Waals surface area contributed by atoms with E-state index in [9.17, 15) is 14.7 Å². The molecule has 120 valence electrons. The Kier molecular flexibility index (Phi) is 4.75. The molecule has 1 aromatic heterocycles. The molecule has 2 saturated heterocycles. The molecular formula is C15H20N2O4S. The fraction of sp³-hybridized carbons (Fsp3) is 0.600. The summed E-state index contributed by atoms with van der Waals surface area (Å²) in [6, 6.07) is 1.23. The summed E-state index contributed by atoms with van der Waals surface area (Å²) in [6.07, 6.45) is 1.31. The summed E-state index contributed by atoms with van der Waals surface area (Å²) in [5, 5.41) is 13.1. The van der Waals surface area contributed by atoms with Crippen LogP contribution < -0.4 is 0 Å². The molecule has 3 rings (SSSR count). The van der Waals surface area contributed by atoms with Gasteiger partial charge in [0.1, 0.15) is 6.04 Å². The molecule has 0 saturated carbocycles. The van der Waals surface area contributed by atoms with E-state index in [1.165, 1.54) is 16.2 Å². The third kappa shape index (κ3) is 3.16. The van der Waals surface area contributed by atoms with Crippen LogP contribution in [0.25, 0.3) is 0 Å². The van der Waals surface area contributed by atoms with E-state index in [4.69, 9.17) is 4.74 Å². The van der Waals surface area contributed by atoms with E-state index in [0.717, 1.165) is 19.5 Å². The maximum atomic E-state index is 12.5. The number of likely N-dealkylation sites (tertiary alicyclic amines) is 1. The SMILES string of the molecule is O=C(O)C1CC(N2CCOCC2)CCN1C(=O)c1ccsc1. The van der Waals surface area contributed by atoms with Crippen molar-refractivity contribution in [3.63, 3.8) is 0 Å². The smallest absolute Gasteiger partial charge is 0.326 e. The minimum atomic E-state index is -0.915. The molecule has 1 amide bonds. The average molecular weight is 324 g/mol. The summed E-state index contributed by atoms with van der Waals surface area (Å²) in [4.78, 5) is 27.9. The van der Waals surface area contributed by atoms with Gasteiger partial charge >= 0.3 is 5.97 Å². The predicted molar refractivity (Wildman–Crippen MR) is 82.2 cm³/mol. The first-order chi connectivity index (χ1) is 10.7. The third-order valence-electron chi connectivity index (χ3n) is 4.45. The van der Waals surface area contributed by atoms with Crippen molar-refractivity contribution >= 4 is 23.2 Å². The number of rotatable bonds is 3. The maximum Gasteiger partial charge on any atom is 0.326 e. The van der Waals surface area contributed by atoms with Crippen molar-refractivity contribution in [2.75, 3.05) is 32.8 Å². The van der Waals surface area contributed by atoms with Crippen LogP contribution in [0.1, 0.15) is 23.2 Å². The number of carbonyl (C=O) groups is 2. The van der Waals surface area contributed by atoms with E-state index in [1.54, 1.807) is 11.4 Å². The van der Waals surface area contributed by atoms with Gasteiger partial charge in [-0.3, -0.25) is 9.69 Å². The van der Waals surface area contributed by atoms with Crippen LogP contribution in [0.2, 0.25) is 0 Å². The van der Waals surface area contributed by atoms with E-state index < -0.39 is 12.0 Å². The number of thiophene rings is 1. The Morgan fingerprint density at radius 2 is 2.05 bits per heavy atom. The molecule has 2 fully saturated rings. The number of ether oxygens (including phenoxy) is 1. The average Bonchev–Trinajstić information content (AvgIpc) is 3.09. The number of amides is 1. The summed E-state index contributed by atoms with van der Waals surface area (Å²) in [5.41, 5.74) is 0.584. The monoisotopic (exact) mass is 324 g/mol. The van der Waals surface area contributed by atoms with Gasteiger partial charge in [-0.25, -0.2) is 4.79 Å². The molecule has 7 heteroatoms. The second-order valence-electron chi connectivity index (χ2n) is 5.69. The molecule has 0 bridgehead atoms. The number of carboxylic acids is 1. The maximum absolute atomic E-state index is 12.5. The number of aliphatic carboxylic acids is 1. The van der Waals surface area contributed by atoms with Crippen LogP contribution in [0.3, 0.4) is 0 Å². The Labute approximate surface area is 133 Å². The molecule has 0 aliphatic carbocycles. The first-order valence-electron chi connectivity index (χ1n) is 7.54. The van der Waals surface area contributed by atoms with Crippen molar-refractivity contribution in [3.05, 3.63) is 22.4 Å². The molecule has 0 spiro atoms. The van der Waals surface area contributed by atoms with Crippen LogP contribution in [-0.4, -0.2) is 71.7 Å². The number of piperidine rings is 1. The van der Waals surface area contributed by atoms with Crippen LogP contribution in [-0.2, 0) is 9.53 Å². The van der Waals surface area contributed by atoms with Crippen molar-refractivity contribution < 1.29 is 19.4 Å². The predicted octanol–water partition coefficient (Wildman–Crippen LogP) is 1.14. The van der Waals surface area contributed by atoms with Crippen LogP contribution in [0.15, 0.2) is 16.8 Å². The number of hydrogen-bond donors (Lipinski definition) is 1. The molecule has 0 aromatic carbocycles. The highest BCUT2D eigenvalue weighted by Crippen LogP contribution is 2.25. The zero-order chi connectivity index (χ0) is 15.5. The van der Waals surface area contributed by atoms with Crippen molar-refractivity contribution in [1.82, 2.24) is 9.80 Å². The standard InChI is InChI=1S/C15H20N2O4S/c18-14(11-2-8-22-10-11)17-3-1-12(9-13(17)15(19)20)16-4-6-21-7-5-16/h2,8,10,12-13H,1,3-7,9H2,(H,19,20). The summed E-state index contributed by atoms with van der Waals surface area (Å²) >= 11 is 1.45. The van der Waals surface area contributed by atoms with Gasteiger partial charge in [-0.05, 0) is 24.3 Å². The normalized spacial score (nSPS) is 26.8. The Morgan fingerprint density at radius 1 is 1.27 bits per heavy atom. The number of morpholine rings is 1. The Balaban J connectivity index is 1.71. The van der Waals surface area contributed by atoms with Gasteiger partial charge in [0.15, 0.2) is 0 Å². The number of carbonyl (C=O) groups excluding carboxylic acids is 1. The van der Waals surface area contributed by atoms with Crippen molar-refractivity contribution in [2.24, 2.45) is 0 Å². The van der Waals surface area contributed by atoms with Gasteiger partial charge in [0.25, 0.3) is 5.91 Å². The second kappa shape index (κ2) is 6.76. The highest BCUT2D eigenvalue weighted by molar-refractivity contribution is 7.08. The largest absolute Gasteiger partial charge is 0.480 e. The van der Waals surface area contributed by atoms with E-state index in [1.807, 2.05) is 5.38 Å². The molecule has 2 aliphatic heterocycles. The zero-order valence-electron chi connectivity index (χ0n) is 12.3. The Hall–Kier alpha value is -1.44. The van der Waals surface area contributed by atoms with E-state index >= 15 is 0 Å². The molecule has 2 unspecified atom stereocenters. The summed E-state index contributed by atoms with van der Waals surface area (Å²) in [6.45, 7) is 3.58. The fourth-order valence-corrected chi connectivity index (χ4v) is 3.88. The number of carboxylic acid groups (broad SMARTS) is 1. The third-order valence-corrected chi connectivity index (χ3v) is 5.13. The first-order valence-corrected chi connectivity index (χ1v) is 8.49. The molecular weight excluding hydrogens is 304 g/mol. The highest BCUT2D eigenvalue weighted by atomic mass is 32.1. The summed E-state index contributed by atoms with van der Waals surface area (Å²) in [7, 11) is 0. The quantitative estimate of drug-likeness (QED) is 0.903. The molecule has 3 heterocycles. The lowest BCUT2D eigenvalue weighted by atomic mass is 9.94. The van der Waals surface area contributed by atoms with Gasteiger partial charge < -0.3 is 14.7 Å². The first kappa shape index (κ1) is 15.5. The lowest BCUT2D eigenvalue weighted by molar-refractivity contribution is -0.144. The molecule has 1 N–H and O–H groups in total. The molecule has 2 aliphatic rings. The van der Waals surface area contributed by atoms with Crippen LogP contribution in [0, 0.1) is 0 Å². The Morgan fingerprint density at radius 3 is 2.68 bits per heavy atom. The molecule has 2 atom stereocenters. The zero-order valence-corrected chi connectivity index (χ0v) is 13.1. The van der Waals surface area contributed by atoms with E-state index in [-0.39, 0.29) is 11.9 Å². The van der Waals surface area contributed by atoms with Crippen molar-refractivity contribution in [2.45, 2.75) is 24.9 Å². The molecule has 0 radical (unpaired) electrons. The summed E-state index contributed by atoms with van der Waals surface area (Å²) in [5.74, 6) is -1.09. The van der Waals surface area contributed by atoms with Crippen molar-refractivity contribution in [1.29, 1.82) is 0 Å². The van der Waals surface area contributed by atoms with Gasteiger partial charge in [-0.2, -0.15) is 11.3 Å². The summed E-state index contributed by atoms with van der Waals surface area (Å²) < 4.78 is 5.35.